The van der Waals surface area contributed by atoms with Gasteiger partial charge in [-0.2, -0.15) is 4.98 Å². The van der Waals surface area contributed by atoms with Crippen LogP contribution in [0.2, 0.25) is 0 Å². The van der Waals surface area contributed by atoms with Crippen molar-refractivity contribution in [1.82, 2.24) is 10.1 Å². The monoisotopic (exact) mass is 219 g/mol. The van der Waals surface area contributed by atoms with Crippen molar-refractivity contribution in [3.05, 3.63) is 41.7 Å². The van der Waals surface area contributed by atoms with Crippen molar-refractivity contribution >= 4 is 6.01 Å². The zero-order valence-electron chi connectivity index (χ0n) is 8.92. The lowest BCUT2D eigenvalue weighted by Gasteiger charge is -2.14. The molecule has 2 N–H and O–H groups in total. The molecule has 0 aliphatic rings. The van der Waals surface area contributed by atoms with Crippen LogP contribution in [0.4, 0.5) is 6.01 Å². The summed E-state index contributed by atoms with van der Waals surface area (Å²) in [7, 11) is 0. The molecule has 0 aliphatic carbocycles. The van der Waals surface area contributed by atoms with Crippen LogP contribution >= 0.6 is 0 Å². The molecular formula is C11H13N3O2. The van der Waals surface area contributed by atoms with Crippen LogP contribution in [0.5, 0.6) is 0 Å². The molecule has 1 unspecified atom stereocenters. The molecule has 2 rings (SSSR count). The number of nitrogens with zero attached hydrogens (tertiary/aromatic N) is 2. The van der Waals surface area contributed by atoms with Crippen molar-refractivity contribution in [3.8, 4) is 0 Å². The van der Waals surface area contributed by atoms with Crippen LogP contribution in [0.1, 0.15) is 17.4 Å². The second-order valence-electron chi connectivity index (χ2n) is 3.44. The number of hydrogen-bond donors (Lipinski definition) is 2. The average molecular weight is 219 g/mol. The van der Waals surface area contributed by atoms with Gasteiger partial charge < -0.3 is 14.9 Å². The largest absolute Gasteiger partial charge is 0.394 e. The second-order valence-corrected chi connectivity index (χ2v) is 3.44. The first kappa shape index (κ1) is 10.6. The van der Waals surface area contributed by atoms with Gasteiger partial charge in [0.05, 0.1) is 12.6 Å². The Morgan fingerprint density at radius 1 is 1.38 bits per heavy atom. The second kappa shape index (κ2) is 4.76. The summed E-state index contributed by atoms with van der Waals surface area (Å²) in [6.07, 6.45) is 0. The zero-order chi connectivity index (χ0) is 11.4. The lowest BCUT2D eigenvalue weighted by atomic mass is 10.1. The topological polar surface area (TPSA) is 71.2 Å². The van der Waals surface area contributed by atoms with Gasteiger partial charge in [0.15, 0.2) is 5.82 Å². The minimum absolute atomic E-state index is 0.0363. The van der Waals surface area contributed by atoms with E-state index >= 15 is 0 Å². The fourth-order valence-corrected chi connectivity index (χ4v) is 1.42. The number of benzene rings is 1. The molecule has 1 heterocycles. The molecule has 2 aromatic rings. The highest BCUT2D eigenvalue weighted by atomic mass is 16.5. The number of aliphatic hydroxyl groups excluding tert-OH is 1. The Bertz CT molecular complexity index is 442. The van der Waals surface area contributed by atoms with Crippen molar-refractivity contribution in [2.75, 3.05) is 11.9 Å². The number of nitrogens with one attached hydrogen (secondary N) is 1. The summed E-state index contributed by atoms with van der Waals surface area (Å²) in [4.78, 5) is 4.02. The Hall–Kier alpha value is -1.88. The lowest BCUT2D eigenvalue weighted by Crippen LogP contribution is -2.14. The molecule has 0 radical (unpaired) electrons. The summed E-state index contributed by atoms with van der Waals surface area (Å²) < 4.78 is 4.93. The first-order valence-corrected chi connectivity index (χ1v) is 5.02. The molecular weight excluding hydrogens is 206 g/mol. The molecule has 0 fully saturated rings. The molecule has 16 heavy (non-hydrogen) atoms. The first-order valence-electron chi connectivity index (χ1n) is 5.02. The highest BCUT2D eigenvalue weighted by Crippen LogP contribution is 2.17. The third kappa shape index (κ3) is 2.38. The Kier molecular flexibility index (Phi) is 3.16. The molecule has 1 aromatic heterocycles. The predicted octanol–water partition coefficient (Wildman–Crippen LogP) is 1.52. The number of aliphatic hydroxyl groups is 1. The maximum atomic E-state index is 9.30. The fourth-order valence-electron chi connectivity index (χ4n) is 1.42. The van der Waals surface area contributed by atoms with Crippen LogP contribution in [-0.2, 0) is 0 Å². The van der Waals surface area contributed by atoms with Gasteiger partial charge in [-0.15, -0.1) is 0 Å². The fraction of sp³-hybridized carbons (Fsp3) is 0.273. The molecule has 0 saturated carbocycles. The number of rotatable bonds is 4. The molecule has 0 aliphatic heterocycles. The third-order valence-electron chi connectivity index (χ3n) is 2.21. The summed E-state index contributed by atoms with van der Waals surface area (Å²) in [5.74, 6) is 0.562. The number of aromatic nitrogens is 2. The molecule has 0 saturated heterocycles. The van der Waals surface area contributed by atoms with Gasteiger partial charge in [-0.1, -0.05) is 35.5 Å². The number of aryl methyl sites for hydroxylation is 1. The van der Waals surface area contributed by atoms with E-state index < -0.39 is 0 Å². The van der Waals surface area contributed by atoms with E-state index in [0.29, 0.717) is 11.8 Å². The molecule has 1 aromatic carbocycles. The summed E-state index contributed by atoms with van der Waals surface area (Å²) in [5, 5.41) is 15.9. The molecule has 84 valence electrons. The third-order valence-corrected chi connectivity index (χ3v) is 2.21. The normalized spacial score (nSPS) is 12.4. The summed E-state index contributed by atoms with van der Waals surface area (Å²) in [6, 6.07) is 9.70. The van der Waals surface area contributed by atoms with Crippen LogP contribution in [0.25, 0.3) is 0 Å². The number of anilines is 1. The van der Waals surface area contributed by atoms with Crippen LogP contribution < -0.4 is 5.32 Å². The van der Waals surface area contributed by atoms with Gasteiger partial charge in [0.1, 0.15) is 0 Å². The smallest absolute Gasteiger partial charge is 0.322 e. The van der Waals surface area contributed by atoms with Crippen LogP contribution in [0.3, 0.4) is 0 Å². The lowest BCUT2D eigenvalue weighted by molar-refractivity contribution is 0.273. The molecule has 5 nitrogen and oxygen atoms in total. The van der Waals surface area contributed by atoms with E-state index in [0.717, 1.165) is 5.56 Å². The maximum absolute atomic E-state index is 9.30. The van der Waals surface area contributed by atoms with Gasteiger partial charge in [0, 0.05) is 0 Å². The molecule has 0 amide bonds. The highest BCUT2D eigenvalue weighted by molar-refractivity contribution is 5.29. The Morgan fingerprint density at radius 2 is 2.12 bits per heavy atom. The molecule has 0 spiro atoms. The Balaban J connectivity index is 2.12. The van der Waals surface area contributed by atoms with E-state index in [1.54, 1.807) is 6.92 Å². The van der Waals surface area contributed by atoms with E-state index in [9.17, 15) is 5.11 Å². The van der Waals surface area contributed by atoms with E-state index in [1.165, 1.54) is 0 Å². The molecule has 0 bridgehead atoms. The van der Waals surface area contributed by atoms with E-state index in [2.05, 4.69) is 15.5 Å². The highest BCUT2D eigenvalue weighted by Gasteiger charge is 2.12. The van der Waals surface area contributed by atoms with Gasteiger partial charge in [-0.05, 0) is 12.5 Å². The van der Waals surface area contributed by atoms with Gasteiger partial charge in [-0.25, -0.2) is 0 Å². The van der Waals surface area contributed by atoms with Gasteiger partial charge in [0.2, 0.25) is 0 Å². The molecule has 5 heteroatoms. The summed E-state index contributed by atoms with van der Waals surface area (Å²) in [5.41, 5.74) is 0.973. The van der Waals surface area contributed by atoms with E-state index in [-0.39, 0.29) is 12.6 Å². The zero-order valence-corrected chi connectivity index (χ0v) is 8.92. The maximum Gasteiger partial charge on any atom is 0.322 e. The van der Waals surface area contributed by atoms with Crippen molar-refractivity contribution in [3.63, 3.8) is 0 Å². The van der Waals surface area contributed by atoms with Crippen LogP contribution in [0, 0.1) is 6.92 Å². The quantitative estimate of drug-likeness (QED) is 0.815. The Labute approximate surface area is 93.1 Å². The van der Waals surface area contributed by atoms with Crippen molar-refractivity contribution in [2.24, 2.45) is 0 Å². The first-order chi connectivity index (χ1) is 7.79. The van der Waals surface area contributed by atoms with Gasteiger partial charge in [0.25, 0.3) is 0 Å². The summed E-state index contributed by atoms with van der Waals surface area (Å²) in [6.45, 7) is 1.70. The minimum Gasteiger partial charge on any atom is -0.394 e. The van der Waals surface area contributed by atoms with E-state index in [1.807, 2.05) is 30.3 Å². The summed E-state index contributed by atoms with van der Waals surface area (Å²) >= 11 is 0. The average Bonchev–Trinajstić information content (AvgIpc) is 2.73. The van der Waals surface area contributed by atoms with Crippen molar-refractivity contribution in [2.45, 2.75) is 13.0 Å². The number of hydrogen-bond acceptors (Lipinski definition) is 5. The van der Waals surface area contributed by atoms with Crippen molar-refractivity contribution in [1.29, 1.82) is 0 Å². The van der Waals surface area contributed by atoms with Crippen LogP contribution in [0.15, 0.2) is 34.9 Å². The van der Waals surface area contributed by atoms with Gasteiger partial charge >= 0.3 is 6.01 Å². The molecule has 1 atom stereocenters. The van der Waals surface area contributed by atoms with Crippen LogP contribution in [-0.4, -0.2) is 21.9 Å². The van der Waals surface area contributed by atoms with E-state index in [4.69, 9.17) is 4.52 Å². The Morgan fingerprint density at radius 3 is 2.69 bits per heavy atom. The van der Waals surface area contributed by atoms with Crippen molar-refractivity contribution < 1.29 is 9.63 Å². The standard InChI is InChI=1S/C11H13N3O2/c1-8-12-11(16-14-8)13-10(7-15)9-5-3-2-4-6-9/h2-6,10,15H,7H2,1H3,(H,12,13,14). The predicted molar refractivity (Wildman–Crippen MR) is 58.9 cm³/mol. The SMILES string of the molecule is Cc1noc(NC(CO)c2ccccc2)n1. The minimum atomic E-state index is -0.235. The van der Waals surface area contributed by atoms with Gasteiger partial charge in [-0.3, -0.25) is 0 Å².